The fourth-order valence-electron chi connectivity index (χ4n) is 1.92. The molecule has 3 N–H and O–H groups in total. The smallest absolute Gasteiger partial charge is 0.144 e. The van der Waals surface area contributed by atoms with Gasteiger partial charge in [-0.05, 0) is 37.6 Å². The summed E-state index contributed by atoms with van der Waals surface area (Å²) in [7, 11) is 0. The number of rotatable bonds is 6. The van der Waals surface area contributed by atoms with Crippen LogP contribution in [0.15, 0.2) is 36.4 Å². The summed E-state index contributed by atoms with van der Waals surface area (Å²) in [5, 5.41) is 3.31. The van der Waals surface area contributed by atoms with Gasteiger partial charge in [-0.25, -0.2) is 0 Å². The molecule has 106 valence electrons. The topological polar surface area (TPSA) is 60.2 Å². The number of benzene rings is 1. The number of pyridine rings is 1. The predicted octanol–water partition coefficient (Wildman–Crippen LogP) is 3.37. The highest BCUT2D eigenvalue weighted by molar-refractivity contribution is 5.72. The molecule has 0 spiro atoms. The zero-order chi connectivity index (χ0) is 14.4. The third-order valence-electron chi connectivity index (χ3n) is 2.93. The minimum atomic E-state index is 0.642. The molecule has 0 unspecified atom stereocenters. The maximum Gasteiger partial charge on any atom is 0.144 e. The standard InChI is InChI=1S/C16H21N3O/c1-3-10-20-15-9-5-8-14(16(15)17)18-11-13-7-4-6-12(2)19-13/h4-9,18H,3,10-11,17H2,1-2H3. The normalized spacial score (nSPS) is 10.3. The molecule has 0 aliphatic carbocycles. The SMILES string of the molecule is CCCOc1cccc(NCc2cccc(C)n2)c1N. The van der Waals surface area contributed by atoms with Gasteiger partial charge in [0, 0.05) is 5.69 Å². The number of anilines is 2. The van der Waals surface area contributed by atoms with Gasteiger partial charge in [-0.3, -0.25) is 4.98 Å². The van der Waals surface area contributed by atoms with Crippen LogP contribution in [0.4, 0.5) is 11.4 Å². The molecule has 2 rings (SSSR count). The molecule has 20 heavy (non-hydrogen) atoms. The highest BCUT2D eigenvalue weighted by atomic mass is 16.5. The Morgan fingerprint density at radius 3 is 2.75 bits per heavy atom. The number of hydrogen-bond acceptors (Lipinski definition) is 4. The van der Waals surface area contributed by atoms with E-state index in [2.05, 4.69) is 17.2 Å². The summed E-state index contributed by atoms with van der Waals surface area (Å²) in [6.45, 7) is 5.37. The molecule has 1 aromatic heterocycles. The number of hydrogen-bond donors (Lipinski definition) is 2. The van der Waals surface area contributed by atoms with Crippen LogP contribution in [0.2, 0.25) is 0 Å². The molecular formula is C16H21N3O. The third-order valence-corrected chi connectivity index (χ3v) is 2.93. The van der Waals surface area contributed by atoms with Gasteiger partial charge in [0.1, 0.15) is 5.75 Å². The Morgan fingerprint density at radius 1 is 1.20 bits per heavy atom. The zero-order valence-corrected chi connectivity index (χ0v) is 12.0. The lowest BCUT2D eigenvalue weighted by Gasteiger charge is -2.13. The molecule has 0 saturated heterocycles. The second kappa shape index (κ2) is 6.80. The molecule has 0 amide bonds. The molecule has 4 nitrogen and oxygen atoms in total. The van der Waals surface area contributed by atoms with Crippen LogP contribution in [0.25, 0.3) is 0 Å². The van der Waals surface area contributed by atoms with Crippen molar-refractivity contribution in [2.75, 3.05) is 17.7 Å². The molecule has 0 radical (unpaired) electrons. The van der Waals surface area contributed by atoms with E-state index in [1.807, 2.05) is 43.3 Å². The Bertz CT molecular complexity index is 569. The fraction of sp³-hybridized carbons (Fsp3) is 0.312. The monoisotopic (exact) mass is 271 g/mol. The molecule has 1 heterocycles. The van der Waals surface area contributed by atoms with E-state index >= 15 is 0 Å². The summed E-state index contributed by atoms with van der Waals surface area (Å²) in [6, 6.07) is 11.8. The van der Waals surface area contributed by atoms with Crippen molar-refractivity contribution >= 4 is 11.4 Å². The van der Waals surface area contributed by atoms with Crippen LogP contribution in [0.5, 0.6) is 5.75 Å². The van der Waals surface area contributed by atoms with E-state index in [9.17, 15) is 0 Å². The molecule has 2 aromatic rings. The van der Waals surface area contributed by atoms with Gasteiger partial charge in [0.2, 0.25) is 0 Å². The number of nitrogens with zero attached hydrogens (tertiary/aromatic N) is 1. The summed E-state index contributed by atoms with van der Waals surface area (Å²) in [4.78, 5) is 4.46. The summed E-state index contributed by atoms with van der Waals surface area (Å²) in [5.41, 5.74) is 9.64. The second-order valence-electron chi connectivity index (χ2n) is 4.69. The van der Waals surface area contributed by atoms with Crippen molar-refractivity contribution in [2.24, 2.45) is 0 Å². The van der Waals surface area contributed by atoms with Gasteiger partial charge < -0.3 is 15.8 Å². The second-order valence-corrected chi connectivity index (χ2v) is 4.69. The highest BCUT2D eigenvalue weighted by Gasteiger charge is 2.06. The largest absolute Gasteiger partial charge is 0.491 e. The lowest BCUT2D eigenvalue weighted by Crippen LogP contribution is -2.06. The maximum absolute atomic E-state index is 6.11. The van der Waals surface area contributed by atoms with Crippen LogP contribution in [0.3, 0.4) is 0 Å². The third kappa shape index (κ3) is 3.63. The van der Waals surface area contributed by atoms with Crippen molar-refractivity contribution in [3.05, 3.63) is 47.8 Å². The van der Waals surface area contributed by atoms with Gasteiger partial charge >= 0.3 is 0 Å². The number of nitrogen functional groups attached to an aromatic ring is 1. The Labute approximate surface area is 120 Å². The van der Waals surface area contributed by atoms with Crippen LogP contribution in [0, 0.1) is 6.92 Å². The van der Waals surface area contributed by atoms with Crippen molar-refractivity contribution in [1.82, 2.24) is 4.98 Å². The Balaban J connectivity index is 2.06. The molecular weight excluding hydrogens is 250 g/mol. The van der Waals surface area contributed by atoms with Gasteiger partial charge in [0.15, 0.2) is 0 Å². The number of nitrogens with one attached hydrogen (secondary N) is 1. The number of aryl methyl sites for hydroxylation is 1. The average molecular weight is 271 g/mol. The van der Waals surface area contributed by atoms with Gasteiger partial charge in [0.05, 0.1) is 30.2 Å². The van der Waals surface area contributed by atoms with Crippen molar-refractivity contribution in [3.8, 4) is 5.75 Å². The number of para-hydroxylation sites is 1. The quantitative estimate of drug-likeness (QED) is 0.791. The van der Waals surface area contributed by atoms with E-state index < -0.39 is 0 Å². The lowest BCUT2D eigenvalue weighted by molar-refractivity contribution is 0.319. The summed E-state index contributed by atoms with van der Waals surface area (Å²) in [6.07, 6.45) is 0.963. The first-order valence-electron chi connectivity index (χ1n) is 6.88. The van der Waals surface area contributed by atoms with Gasteiger partial charge in [-0.2, -0.15) is 0 Å². The molecule has 1 aromatic carbocycles. The van der Waals surface area contributed by atoms with E-state index in [1.165, 1.54) is 0 Å². The van der Waals surface area contributed by atoms with E-state index in [0.29, 0.717) is 18.8 Å². The maximum atomic E-state index is 6.11. The van der Waals surface area contributed by atoms with E-state index in [-0.39, 0.29) is 0 Å². The Kier molecular flexibility index (Phi) is 4.82. The van der Waals surface area contributed by atoms with Gasteiger partial charge in [0.25, 0.3) is 0 Å². The summed E-state index contributed by atoms with van der Waals surface area (Å²) >= 11 is 0. The lowest BCUT2D eigenvalue weighted by atomic mass is 10.2. The van der Waals surface area contributed by atoms with Crippen LogP contribution in [-0.4, -0.2) is 11.6 Å². The summed E-state index contributed by atoms with van der Waals surface area (Å²) < 4.78 is 5.62. The van der Waals surface area contributed by atoms with Gasteiger partial charge in [-0.15, -0.1) is 0 Å². The van der Waals surface area contributed by atoms with Gasteiger partial charge in [-0.1, -0.05) is 19.1 Å². The Morgan fingerprint density at radius 2 is 2.00 bits per heavy atom. The predicted molar refractivity (Wildman–Crippen MR) is 82.9 cm³/mol. The molecule has 0 aliphatic heterocycles. The van der Waals surface area contributed by atoms with Crippen molar-refractivity contribution < 1.29 is 4.74 Å². The molecule has 4 heteroatoms. The van der Waals surface area contributed by atoms with E-state index in [4.69, 9.17) is 10.5 Å². The molecule has 0 saturated carbocycles. The van der Waals surface area contributed by atoms with Crippen molar-refractivity contribution in [2.45, 2.75) is 26.8 Å². The van der Waals surface area contributed by atoms with Crippen LogP contribution >= 0.6 is 0 Å². The minimum Gasteiger partial charge on any atom is -0.491 e. The molecule has 0 atom stereocenters. The molecule has 0 aliphatic rings. The zero-order valence-electron chi connectivity index (χ0n) is 12.0. The first-order chi connectivity index (χ1) is 9.70. The number of nitrogens with two attached hydrogens (primary N) is 1. The molecule has 0 fully saturated rings. The average Bonchev–Trinajstić information content (AvgIpc) is 2.45. The van der Waals surface area contributed by atoms with Crippen molar-refractivity contribution in [1.29, 1.82) is 0 Å². The molecule has 0 bridgehead atoms. The Hall–Kier alpha value is -2.23. The number of aromatic nitrogens is 1. The van der Waals surface area contributed by atoms with Crippen LogP contribution in [0.1, 0.15) is 24.7 Å². The fourth-order valence-corrected chi connectivity index (χ4v) is 1.92. The minimum absolute atomic E-state index is 0.642. The highest BCUT2D eigenvalue weighted by Crippen LogP contribution is 2.29. The van der Waals surface area contributed by atoms with Crippen molar-refractivity contribution in [3.63, 3.8) is 0 Å². The van der Waals surface area contributed by atoms with Crippen LogP contribution < -0.4 is 15.8 Å². The van der Waals surface area contributed by atoms with E-state index in [0.717, 1.165) is 29.2 Å². The first-order valence-corrected chi connectivity index (χ1v) is 6.88. The first kappa shape index (κ1) is 14.2. The number of ether oxygens (including phenoxy) is 1. The van der Waals surface area contributed by atoms with Crippen LogP contribution in [-0.2, 0) is 6.54 Å². The van der Waals surface area contributed by atoms with E-state index in [1.54, 1.807) is 0 Å². The summed E-state index contributed by atoms with van der Waals surface area (Å²) in [5.74, 6) is 0.731.